The topological polar surface area (TPSA) is 62.8 Å². The van der Waals surface area contributed by atoms with Gasteiger partial charge < -0.3 is 25.0 Å². The van der Waals surface area contributed by atoms with Gasteiger partial charge in [-0.2, -0.15) is 0 Å². The number of nitrogens with zero attached hydrogens (tertiary/aromatic N) is 1. The molecule has 0 aromatic heterocycles. The summed E-state index contributed by atoms with van der Waals surface area (Å²) in [5.41, 5.74) is 4.07. The Labute approximate surface area is 167 Å². The molecule has 0 spiro atoms. The van der Waals surface area contributed by atoms with Crippen molar-refractivity contribution in [3.05, 3.63) is 42.0 Å². The Morgan fingerprint density at radius 1 is 1.00 bits per heavy atom. The first-order valence-corrected chi connectivity index (χ1v) is 9.63. The third kappa shape index (κ3) is 5.55. The van der Waals surface area contributed by atoms with E-state index in [4.69, 9.17) is 9.47 Å². The Balaban J connectivity index is 1.90. The van der Waals surface area contributed by atoms with Crippen molar-refractivity contribution in [3.8, 4) is 11.5 Å². The van der Waals surface area contributed by atoms with Crippen molar-refractivity contribution in [2.45, 2.75) is 27.2 Å². The van der Waals surface area contributed by atoms with Crippen molar-refractivity contribution in [3.63, 3.8) is 0 Å². The highest BCUT2D eigenvalue weighted by Crippen LogP contribution is 2.29. The van der Waals surface area contributed by atoms with Crippen molar-refractivity contribution < 1.29 is 14.3 Å². The molecule has 2 N–H and O–H groups in total. The molecule has 6 nitrogen and oxygen atoms in total. The van der Waals surface area contributed by atoms with Gasteiger partial charge in [0.2, 0.25) is 5.91 Å². The normalized spacial score (nSPS) is 10.3. The predicted molar refractivity (Wildman–Crippen MR) is 116 cm³/mol. The highest BCUT2D eigenvalue weighted by Gasteiger charge is 2.10. The number of hydrogen-bond acceptors (Lipinski definition) is 5. The molecule has 2 aromatic rings. The number of hydrogen-bond donors (Lipinski definition) is 2. The molecule has 28 heavy (non-hydrogen) atoms. The number of carbonyl (C=O) groups excluding carboxylic acids is 1. The fourth-order valence-electron chi connectivity index (χ4n) is 3.06. The van der Waals surface area contributed by atoms with Crippen LogP contribution in [0, 0.1) is 6.92 Å². The van der Waals surface area contributed by atoms with E-state index in [0.29, 0.717) is 30.2 Å². The molecule has 6 heteroatoms. The van der Waals surface area contributed by atoms with Gasteiger partial charge >= 0.3 is 0 Å². The molecule has 0 bridgehead atoms. The van der Waals surface area contributed by atoms with Crippen molar-refractivity contribution >= 4 is 23.0 Å². The lowest BCUT2D eigenvalue weighted by atomic mass is 10.1. The van der Waals surface area contributed by atoms with Crippen LogP contribution in [-0.2, 0) is 4.79 Å². The van der Waals surface area contributed by atoms with Gasteiger partial charge in [-0.25, -0.2) is 0 Å². The molecule has 0 saturated heterocycles. The van der Waals surface area contributed by atoms with Crippen LogP contribution in [0.15, 0.2) is 36.4 Å². The molecule has 0 radical (unpaired) electrons. The number of rotatable bonds is 10. The number of benzene rings is 2. The van der Waals surface area contributed by atoms with Crippen LogP contribution in [-0.4, -0.2) is 39.8 Å². The Kier molecular flexibility index (Phi) is 7.99. The highest BCUT2D eigenvalue weighted by atomic mass is 16.5. The van der Waals surface area contributed by atoms with Gasteiger partial charge in [0, 0.05) is 43.5 Å². The van der Waals surface area contributed by atoms with Crippen molar-refractivity contribution in [1.29, 1.82) is 0 Å². The monoisotopic (exact) mass is 385 g/mol. The molecule has 0 aliphatic heterocycles. The van der Waals surface area contributed by atoms with E-state index in [-0.39, 0.29) is 5.91 Å². The lowest BCUT2D eigenvalue weighted by Gasteiger charge is -2.22. The van der Waals surface area contributed by atoms with Crippen LogP contribution >= 0.6 is 0 Å². The molecule has 0 unspecified atom stereocenters. The zero-order valence-corrected chi connectivity index (χ0v) is 17.5. The molecule has 2 rings (SSSR count). The minimum atomic E-state index is -0.0756. The van der Waals surface area contributed by atoms with Crippen molar-refractivity contribution in [2.24, 2.45) is 0 Å². The molecule has 0 heterocycles. The largest absolute Gasteiger partial charge is 0.497 e. The number of methoxy groups -OCH3 is 2. The molecule has 1 amide bonds. The summed E-state index contributed by atoms with van der Waals surface area (Å²) >= 11 is 0. The molecule has 152 valence electrons. The maximum absolute atomic E-state index is 12.3. The van der Waals surface area contributed by atoms with Crippen LogP contribution in [0.4, 0.5) is 17.1 Å². The maximum Gasteiger partial charge on any atom is 0.226 e. The van der Waals surface area contributed by atoms with E-state index in [1.165, 1.54) is 11.3 Å². The third-order valence-electron chi connectivity index (χ3n) is 4.69. The van der Waals surface area contributed by atoms with Gasteiger partial charge in [0.15, 0.2) is 0 Å². The predicted octanol–water partition coefficient (Wildman–Crippen LogP) is 4.30. The summed E-state index contributed by atoms with van der Waals surface area (Å²) in [7, 11) is 3.16. The number of carbonyl (C=O) groups is 1. The van der Waals surface area contributed by atoms with Crippen LogP contribution in [0.25, 0.3) is 0 Å². The number of amides is 1. The van der Waals surface area contributed by atoms with Crippen molar-refractivity contribution in [2.75, 3.05) is 49.4 Å². The molecule has 2 aromatic carbocycles. The zero-order chi connectivity index (χ0) is 20.5. The molecule has 0 aliphatic rings. The smallest absolute Gasteiger partial charge is 0.226 e. The summed E-state index contributed by atoms with van der Waals surface area (Å²) in [6, 6.07) is 11.7. The fraction of sp³-hybridized carbons (Fsp3) is 0.409. The van der Waals surface area contributed by atoms with E-state index >= 15 is 0 Å². The van der Waals surface area contributed by atoms with Crippen LogP contribution in [0.5, 0.6) is 11.5 Å². The Bertz CT molecular complexity index is 789. The van der Waals surface area contributed by atoms with E-state index in [1.54, 1.807) is 32.4 Å². The van der Waals surface area contributed by atoms with Crippen LogP contribution in [0.2, 0.25) is 0 Å². The van der Waals surface area contributed by atoms with Gasteiger partial charge in [-0.15, -0.1) is 0 Å². The van der Waals surface area contributed by atoms with Gasteiger partial charge in [0.05, 0.1) is 19.9 Å². The molecule has 0 fully saturated rings. The summed E-state index contributed by atoms with van der Waals surface area (Å²) in [6.07, 6.45) is 0.354. The van der Waals surface area contributed by atoms with Crippen LogP contribution in [0.1, 0.15) is 25.8 Å². The second kappa shape index (κ2) is 10.4. The average molecular weight is 386 g/mol. The van der Waals surface area contributed by atoms with E-state index in [1.807, 2.05) is 0 Å². The number of nitrogens with one attached hydrogen (secondary N) is 2. The maximum atomic E-state index is 12.3. The molecular formula is C22H31N3O3. The SMILES string of the molecule is CCN(CC)c1ccc(NCCC(=O)Nc2ccc(OC)cc2OC)c(C)c1. The van der Waals surface area contributed by atoms with Gasteiger partial charge in [-0.1, -0.05) is 0 Å². The third-order valence-corrected chi connectivity index (χ3v) is 4.69. The number of aryl methyl sites for hydroxylation is 1. The van der Waals surface area contributed by atoms with E-state index in [2.05, 4.69) is 54.5 Å². The summed E-state index contributed by atoms with van der Waals surface area (Å²) in [5.74, 6) is 1.18. The Morgan fingerprint density at radius 3 is 2.32 bits per heavy atom. The van der Waals surface area contributed by atoms with Crippen LogP contribution in [0.3, 0.4) is 0 Å². The molecule has 0 saturated carbocycles. The average Bonchev–Trinajstić information content (AvgIpc) is 2.70. The molecule has 0 atom stereocenters. The number of anilines is 3. The molecular weight excluding hydrogens is 354 g/mol. The first kappa shape index (κ1) is 21.4. The highest BCUT2D eigenvalue weighted by molar-refractivity contribution is 5.92. The lowest BCUT2D eigenvalue weighted by molar-refractivity contribution is -0.116. The zero-order valence-electron chi connectivity index (χ0n) is 17.5. The van der Waals surface area contributed by atoms with Gasteiger partial charge in [0.25, 0.3) is 0 Å². The van der Waals surface area contributed by atoms with Gasteiger partial charge in [0.1, 0.15) is 11.5 Å². The Hall–Kier alpha value is -2.89. The second-order valence-corrected chi connectivity index (χ2v) is 6.46. The van der Waals surface area contributed by atoms with Gasteiger partial charge in [-0.3, -0.25) is 4.79 Å². The first-order chi connectivity index (χ1) is 13.5. The van der Waals surface area contributed by atoms with Crippen molar-refractivity contribution in [1.82, 2.24) is 0 Å². The summed E-state index contributed by atoms with van der Waals surface area (Å²) < 4.78 is 10.5. The van der Waals surface area contributed by atoms with E-state index < -0.39 is 0 Å². The Morgan fingerprint density at radius 2 is 1.71 bits per heavy atom. The number of ether oxygens (including phenoxy) is 2. The quantitative estimate of drug-likeness (QED) is 0.638. The minimum Gasteiger partial charge on any atom is -0.497 e. The summed E-state index contributed by atoms with van der Waals surface area (Å²) in [5, 5.41) is 6.23. The summed E-state index contributed by atoms with van der Waals surface area (Å²) in [4.78, 5) is 14.6. The van der Waals surface area contributed by atoms with Gasteiger partial charge in [-0.05, 0) is 56.7 Å². The van der Waals surface area contributed by atoms with E-state index in [0.717, 1.165) is 18.8 Å². The molecule has 0 aliphatic carbocycles. The van der Waals surface area contributed by atoms with Crippen LogP contribution < -0.4 is 25.0 Å². The first-order valence-electron chi connectivity index (χ1n) is 9.63. The lowest BCUT2D eigenvalue weighted by Crippen LogP contribution is -2.22. The summed E-state index contributed by atoms with van der Waals surface area (Å²) in [6.45, 7) is 8.91. The minimum absolute atomic E-state index is 0.0756. The standard InChI is InChI=1S/C22H31N3O3/c1-6-25(7-2)17-8-10-19(16(3)14-17)23-13-12-22(26)24-20-11-9-18(27-4)15-21(20)28-5/h8-11,14-15,23H,6-7,12-13H2,1-5H3,(H,24,26). The second-order valence-electron chi connectivity index (χ2n) is 6.46. The van der Waals surface area contributed by atoms with E-state index in [9.17, 15) is 4.79 Å². The fourth-order valence-corrected chi connectivity index (χ4v) is 3.06.